The Morgan fingerprint density at radius 1 is 0.964 bits per heavy atom. The van der Waals surface area contributed by atoms with Crippen LogP contribution in [-0.2, 0) is 13.0 Å². The van der Waals surface area contributed by atoms with Gasteiger partial charge >= 0.3 is 0 Å². The first-order chi connectivity index (χ1) is 13.6. The van der Waals surface area contributed by atoms with E-state index < -0.39 is 5.91 Å². The summed E-state index contributed by atoms with van der Waals surface area (Å²) < 4.78 is 13.0. The summed E-state index contributed by atoms with van der Waals surface area (Å²) >= 11 is 0. The summed E-state index contributed by atoms with van der Waals surface area (Å²) in [6.45, 7) is 1.17. The van der Waals surface area contributed by atoms with E-state index in [9.17, 15) is 14.0 Å². The lowest BCUT2D eigenvalue weighted by atomic mass is 9.99. The van der Waals surface area contributed by atoms with Gasteiger partial charge in [0.25, 0.3) is 11.8 Å². The van der Waals surface area contributed by atoms with E-state index in [1.165, 1.54) is 48.3 Å². The van der Waals surface area contributed by atoms with Crippen LogP contribution in [0.4, 0.5) is 10.1 Å². The van der Waals surface area contributed by atoms with Crippen molar-refractivity contribution in [1.29, 1.82) is 0 Å². The van der Waals surface area contributed by atoms with Crippen LogP contribution in [0.1, 0.15) is 31.8 Å². The summed E-state index contributed by atoms with van der Waals surface area (Å²) in [5, 5.41) is 2.67. The Hall–Kier alpha value is -3.54. The minimum absolute atomic E-state index is 0.154. The third-order valence-electron chi connectivity index (χ3n) is 4.77. The van der Waals surface area contributed by atoms with Crippen LogP contribution in [0.25, 0.3) is 0 Å². The highest BCUT2D eigenvalue weighted by Crippen LogP contribution is 2.20. The number of nitrogens with one attached hydrogen (secondary N) is 1. The van der Waals surface area contributed by atoms with Crippen LogP contribution >= 0.6 is 0 Å². The molecule has 0 fully saturated rings. The second-order valence-electron chi connectivity index (χ2n) is 6.67. The quantitative estimate of drug-likeness (QED) is 0.760. The topological polar surface area (TPSA) is 62.3 Å². The normalized spacial score (nSPS) is 13.0. The summed E-state index contributed by atoms with van der Waals surface area (Å²) in [5.74, 6) is -0.938. The number of aromatic nitrogens is 1. The van der Waals surface area contributed by atoms with E-state index in [-0.39, 0.29) is 17.3 Å². The molecule has 2 amide bonds. The summed E-state index contributed by atoms with van der Waals surface area (Å²) in [6, 6.07) is 15.1. The van der Waals surface area contributed by atoms with Gasteiger partial charge in [-0.05, 0) is 47.9 Å². The molecule has 0 saturated heterocycles. The fourth-order valence-electron chi connectivity index (χ4n) is 3.27. The van der Waals surface area contributed by atoms with Gasteiger partial charge in [-0.1, -0.05) is 24.3 Å². The second-order valence-corrected chi connectivity index (χ2v) is 6.67. The highest BCUT2D eigenvalue weighted by atomic mass is 19.1. The molecule has 0 spiro atoms. The molecule has 140 valence electrons. The van der Waals surface area contributed by atoms with Gasteiger partial charge in [-0.2, -0.15) is 0 Å². The molecule has 0 atom stereocenters. The average molecular weight is 375 g/mol. The van der Waals surface area contributed by atoms with E-state index in [2.05, 4.69) is 16.4 Å². The van der Waals surface area contributed by atoms with Crippen molar-refractivity contribution in [2.75, 3.05) is 11.9 Å². The van der Waals surface area contributed by atoms with Crippen LogP contribution in [0.5, 0.6) is 0 Å². The summed E-state index contributed by atoms with van der Waals surface area (Å²) in [7, 11) is 0. The minimum atomic E-state index is -0.405. The van der Waals surface area contributed by atoms with E-state index >= 15 is 0 Å². The number of hydrogen-bond donors (Lipinski definition) is 1. The first-order valence-electron chi connectivity index (χ1n) is 8.98. The van der Waals surface area contributed by atoms with E-state index in [1.807, 2.05) is 18.2 Å². The van der Waals surface area contributed by atoms with Crippen LogP contribution in [0.2, 0.25) is 0 Å². The fourth-order valence-corrected chi connectivity index (χ4v) is 3.27. The SMILES string of the molecule is O=C(Nc1ccc(F)cc1)c1cncc(C(=O)N2CCc3ccccc3C2)c1. The highest BCUT2D eigenvalue weighted by Gasteiger charge is 2.22. The number of carbonyl (C=O) groups excluding carboxylic acids is 2. The number of amides is 2. The van der Waals surface area contributed by atoms with Crippen LogP contribution in [0, 0.1) is 5.82 Å². The molecule has 4 rings (SSSR count). The van der Waals surface area contributed by atoms with Crippen molar-refractivity contribution >= 4 is 17.5 Å². The monoisotopic (exact) mass is 375 g/mol. The number of carbonyl (C=O) groups is 2. The summed E-state index contributed by atoms with van der Waals surface area (Å²) in [5.41, 5.74) is 3.51. The molecule has 6 heteroatoms. The molecule has 1 aliphatic rings. The molecule has 0 radical (unpaired) electrons. The maximum atomic E-state index is 13.0. The molecule has 0 unspecified atom stereocenters. The molecule has 1 aliphatic heterocycles. The molecule has 2 heterocycles. The number of pyridine rings is 1. The number of fused-ring (bicyclic) bond motifs is 1. The lowest BCUT2D eigenvalue weighted by Gasteiger charge is -2.28. The Labute approximate surface area is 161 Å². The standard InChI is InChI=1S/C22H18FN3O2/c23-19-5-7-20(8-6-19)25-21(27)17-11-18(13-24-12-17)22(28)26-10-9-15-3-1-2-4-16(15)14-26/h1-8,11-13H,9-10,14H2,(H,25,27). The van der Waals surface area contributed by atoms with Crippen molar-refractivity contribution in [3.8, 4) is 0 Å². The first-order valence-corrected chi connectivity index (χ1v) is 8.98. The smallest absolute Gasteiger partial charge is 0.257 e. The van der Waals surface area contributed by atoms with Crippen LogP contribution in [0.3, 0.4) is 0 Å². The Kier molecular flexibility index (Phi) is 4.85. The van der Waals surface area contributed by atoms with Crippen molar-refractivity contribution in [3.63, 3.8) is 0 Å². The molecule has 0 bridgehead atoms. The van der Waals surface area contributed by atoms with Crippen molar-refractivity contribution in [2.45, 2.75) is 13.0 Å². The Morgan fingerprint density at radius 3 is 2.46 bits per heavy atom. The highest BCUT2D eigenvalue weighted by molar-refractivity contribution is 6.05. The van der Waals surface area contributed by atoms with Crippen molar-refractivity contribution in [1.82, 2.24) is 9.88 Å². The van der Waals surface area contributed by atoms with E-state index in [4.69, 9.17) is 0 Å². The number of benzene rings is 2. The lowest BCUT2D eigenvalue weighted by molar-refractivity contribution is 0.0734. The van der Waals surface area contributed by atoms with Crippen molar-refractivity contribution < 1.29 is 14.0 Å². The fraction of sp³-hybridized carbons (Fsp3) is 0.136. The molecule has 28 heavy (non-hydrogen) atoms. The molecular formula is C22H18FN3O2. The van der Waals surface area contributed by atoms with Gasteiger partial charge in [0.05, 0.1) is 11.1 Å². The first kappa shape index (κ1) is 17.9. The van der Waals surface area contributed by atoms with Gasteiger partial charge in [0.1, 0.15) is 5.82 Å². The molecule has 0 aliphatic carbocycles. The second kappa shape index (κ2) is 7.60. The van der Waals surface area contributed by atoms with Crippen LogP contribution in [0.15, 0.2) is 67.0 Å². The number of hydrogen-bond acceptors (Lipinski definition) is 3. The molecule has 3 aromatic rings. The van der Waals surface area contributed by atoms with Gasteiger partial charge in [-0.3, -0.25) is 14.6 Å². The minimum Gasteiger partial charge on any atom is -0.334 e. The third kappa shape index (κ3) is 3.76. The Bertz CT molecular complexity index is 1030. The van der Waals surface area contributed by atoms with E-state index in [0.717, 1.165) is 12.0 Å². The molecule has 0 saturated carbocycles. The predicted octanol–water partition coefficient (Wildman–Crippen LogP) is 3.67. The van der Waals surface area contributed by atoms with Crippen LogP contribution in [-0.4, -0.2) is 28.2 Å². The van der Waals surface area contributed by atoms with Crippen LogP contribution < -0.4 is 5.32 Å². The Balaban J connectivity index is 1.49. The van der Waals surface area contributed by atoms with Gasteiger partial charge in [0.15, 0.2) is 0 Å². The zero-order valence-electron chi connectivity index (χ0n) is 15.1. The third-order valence-corrected chi connectivity index (χ3v) is 4.77. The maximum Gasteiger partial charge on any atom is 0.257 e. The van der Waals surface area contributed by atoms with Crippen molar-refractivity contribution in [3.05, 3.63) is 95.1 Å². The maximum absolute atomic E-state index is 13.0. The zero-order valence-corrected chi connectivity index (χ0v) is 15.1. The van der Waals surface area contributed by atoms with Gasteiger partial charge in [-0.15, -0.1) is 0 Å². The number of halogens is 1. The number of nitrogens with zero attached hydrogens (tertiary/aromatic N) is 2. The molecule has 5 nitrogen and oxygen atoms in total. The molecular weight excluding hydrogens is 357 g/mol. The largest absolute Gasteiger partial charge is 0.334 e. The number of anilines is 1. The van der Waals surface area contributed by atoms with Gasteiger partial charge in [-0.25, -0.2) is 4.39 Å². The van der Waals surface area contributed by atoms with Gasteiger partial charge in [0, 0.05) is 31.2 Å². The zero-order chi connectivity index (χ0) is 19.5. The van der Waals surface area contributed by atoms with E-state index in [0.29, 0.717) is 24.3 Å². The molecule has 2 aromatic carbocycles. The average Bonchev–Trinajstić information content (AvgIpc) is 2.74. The summed E-state index contributed by atoms with van der Waals surface area (Å²) in [6.07, 6.45) is 3.68. The molecule has 1 N–H and O–H groups in total. The summed E-state index contributed by atoms with van der Waals surface area (Å²) in [4.78, 5) is 31.2. The number of rotatable bonds is 3. The van der Waals surface area contributed by atoms with Crippen molar-refractivity contribution in [2.24, 2.45) is 0 Å². The Morgan fingerprint density at radius 2 is 1.68 bits per heavy atom. The van der Waals surface area contributed by atoms with E-state index in [1.54, 1.807) is 4.90 Å². The molecule has 1 aromatic heterocycles. The lowest BCUT2D eigenvalue weighted by Crippen LogP contribution is -2.36. The van der Waals surface area contributed by atoms with Gasteiger partial charge in [0.2, 0.25) is 0 Å². The van der Waals surface area contributed by atoms with Gasteiger partial charge < -0.3 is 10.2 Å². The predicted molar refractivity (Wildman–Crippen MR) is 103 cm³/mol.